The van der Waals surface area contributed by atoms with Gasteiger partial charge in [0.25, 0.3) is 0 Å². The van der Waals surface area contributed by atoms with Gasteiger partial charge in [-0.05, 0) is 32.1 Å². The SMILES string of the molecule is CCCCCC(CCCC(O)CCC)S(=O)(=O)[O-].[Na+]. The van der Waals surface area contributed by atoms with E-state index in [-0.39, 0.29) is 35.7 Å². The van der Waals surface area contributed by atoms with Gasteiger partial charge >= 0.3 is 29.6 Å². The normalized spacial score (nSPS) is 14.7. The third-order valence-electron chi connectivity index (χ3n) is 3.22. The molecule has 0 bridgehead atoms. The van der Waals surface area contributed by atoms with Crippen LogP contribution in [0.25, 0.3) is 0 Å². The Labute approximate surface area is 140 Å². The van der Waals surface area contributed by atoms with E-state index in [4.69, 9.17) is 0 Å². The van der Waals surface area contributed by atoms with Crippen LogP contribution < -0.4 is 29.6 Å². The zero-order valence-corrected chi connectivity index (χ0v) is 15.4. The van der Waals surface area contributed by atoms with Crippen molar-refractivity contribution in [1.82, 2.24) is 0 Å². The topological polar surface area (TPSA) is 77.4 Å². The second-order valence-corrected chi connectivity index (χ2v) is 6.64. The second kappa shape index (κ2) is 12.6. The van der Waals surface area contributed by atoms with E-state index in [0.29, 0.717) is 25.7 Å². The summed E-state index contributed by atoms with van der Waals surface area (Å²) < 4.78 is 33.3. The number of unbranched alkanes of at least 4 members (excludes halogenated alkanes) is 2. The van der Waals surface area contributed by atoms with Gasteiger partial charge in [0.1, 0.15) is 0 Å². The quantitative estimate of drug-likeness (QED) is 0.326. The predicted octanol–water partition coefficient (Wildman–Crippen LogP) is -0.184. The van der Waals surface area contributed by atoms with Crippen molar-refractivity contribution in [2.24, 2.45) is 0 Å². The van der Waals surface area contributed by atoms with E-state index in [1.54, 1.807) is 0 Å². The molecule has 1 N–H and O–H groups in total. The Morgan fingerprint density at radius 1 is 0.947 bits per heavy atom. The van der Waals surface area contributed by atoms with E-state index < -0.39 is 15.4 Å². The molecule has 2 unspecified atom stereocenters. The first-order valence-electron chi connectivity index (χ1n) is 7.04. The maximum absolute atomic E-state index is 11.1. The Morgan fingerprint density at radius 3 is 2.00 bits per heavy atom. The van der Waals surface area contributed by atoms with Crippen LogP contribution in [0.4, 0.5) is 0 Å². The van der Waals surface area contributed by atoms with E-state index in [1.165, 1.54) is 0 Å². The van der Waals surface area contributed by atoms with Crippen LogP contribution in [0.3, 0.4) is 0 Å². The number of hydrogen-bond acceptors (Lipinski definition) is 4. The largest absolute Gasteiger partial charge is 1.00 e. The molecule has 0 amide bonds. The molecule has 19 heavy (non-hydrogen) atoms. The van der Waals surface area contributed by atoms with Gasteiger partial charge in [-0.1, -0.05) is 39.5 Å². The molecule has 110 valence electrons. The van der Waals surface area contributed by atoms with Crippen molar-refractivity contribution in [3.05, 3.63) is 0 Å². The standard InChI is InChI=1S/C13H28O4S.Na/c1-3-5-6-10-13(18(15,16)17)11-7-9-12(14)8-4-2;/h12-14H,3-11H2,1-2H3,(H,15,16,17);/q;+1/p-1. The van der Waals surface area contributed by atoms with Crippen molar-refractivity contribution < 1.29 is 47.6 Å². The van der Waals surface area contributed by atoms with Gasteiger partial charge in [0.05, 0.1) is 16.2 Å². The third kappa shape index (κ3) is 12.3. The summed E-state index contributed by atoms with van der Waals surface area (Å²) in [5, 5.41) is 8.79. The van der Waals surface area contributed by atoms with Crippen LogP contribution in [0.5, 0.6) is 0 Å². The van der Waals surface area contributed by atoms with Gasteiger partial charge in [-0.15, -0.1) is 0 Å². The molecule has 0 heterocycles. The Balaban J connectivity index is 0. The summed E-state index contributed by atoms with van der Waals surface area (Å²) in [5.41, 5.74) is 0. The molecule has 0 radical (unpaired) electrons. The van der Waals surface area contributed by atoms with Crippen LogP contribution in [0.1, 0.15) is 71.6 Å². The molecular weight excluding hydrogens is 275 g/mol. The maximum atomic E-state index is 11.1. The molecule has 4 nitrogen and oxygen atoms in total. The molecule has 0 aliphatic heterocycles. The average Bonchev–Trinajstić information content (AvgIpc) is 2.26. The van der Waals surface area contributed by atoms with Crippen LogP contribution in [-0.2, 0) is 10.1 Å². The number of hydrogen-bond donors (Lipinski definition) is 1. The maximum Gasteiger partial charge on any atom is 1.00 e. The minimum Gasteiger partial charge on any atom is -0.748 e. The smallest absolute Gasteiger partial charge is 0.748 e. The van der Waals surface area contributed by atoms with Gasteiger partial charge in [0.15, 0.2) is 0 Å². The molecule has 0 saturated heterocycles. The van der Waals surface area contributed by atoms with E-state index in [0.717, 1.165) is 32.1 Å². The van der Waals surface area contributed by atoms with Crippen LogP contribution in [0.2, 0.25) is 0 Å². The number of aliphatic hydroxyl groups excluding tert-OH is 1. The first-order valence-corrected chi connectivity index (χ1v) is 8.51. The second-order valence-electron chi connectivity index (χ2n) is 4.98. The van der Waals surface area contributed by atoms with Gasteiger partial charge in [-0.3, -0.25) is 0 Å². The Kier molecular flexibility index (Phi) is 14.7. The molecule has 0 rings (SSSR count). The van der Waals surface area contributed by atoms with Gasteiger partial charge in [0, 0.05) is 5.25 Å². The van der Waals surface area contributed by atoms with Crippen LogP contribution in [0.15, 0.2) is 0 Å². The van der Waals surface area contributed by atoms with Crippen LogP contribution in [0, 0.1) is 0 Å². The van der Waals surface area contributed by atoms with Crippen molar-refractivity contribution in [2.45, 2.75) is 83.0 Å². The Bertz CT molecular complexity index is 293. The zero-order valence-electron chi connectivity index (χ0n) is 12.6. The zero-order chi connectivity index (χ0) is 14.0. The molecule has 0 aromatic carbocycles. The average molecular weight is 302 g/mol. The molecule has 0 aromatic heterocycles. The van der Waals surface area contributed by atoms with Crippen molar-refractivity contribution >= 4 is 10.1 Å². The fourth-order valence-electron chi connectivity index (χ4n) is 2.11. The molecule has 2 atom stereocenters. The van der Waals surface area contributed by atoms with Gasteiger partial charge in [-0.2, -0.15) is 0 Å². The molecule has 0 aliphatic rings. The Hall–Kier alpha value is 0.870. The fourth-order valence-corrected chi connectivity index (χ4v) is 3.02. The first kappa shape index (κ1) is 22.2. The first-order chi connectivity index (χ1) is 8.41. The van der Waals surface area contributed by atoms with E-state index in [9.17, 15) is 18.1 Å². The van der Waals surface area contributed by atoms with Gasteiger partial charge in [-0.25, -0.2) is 8.42 Å². The summed E-state index contributed by atoms with van der Waals surface area (Å²) in [5.74, 6) is 0. The summed E-state index contributed by atoms with van der Waals surface area (Å²) in [6.45, 7) is 4.04. The fraction of sp³-hybridized carbons (Fsp3) is 1.00. The molecule has 0 fully saturated rings. The van der Waals surface area contributed by atoms with E-state index in [2.05, 4.69) is 0 Å². The summed E-state index contributed by atoms with van der Waals surface area (Å²) in [4.78, 5) is 0. The van der Waals surface area contributed by atoms with E-state index in [1.807, 2.05) is 13.8 Å². The summed E-state index contributed by atoms with van der Waals surface area (Å²) in [7, 11) is -4.19. The van der Waals surface area contributed by atoms with E-state index >= 15 is 0 Å². The van der Waals surface area contributed by atoms with Gasteiger partial charge < -0.3 is 9.66 Å². The molecule has 0 spiro atoms. The van der Waals surface area contributed by atoms with Crippen molar-refractivity contribution in [2.75, 3.05) is 0 Å². The van der Waals surface area contributed by atoms with Crippen LogP contribution >= 0.6 is 0 Å². The van der Waals surface area contributed by atoms with Crippen molar-refractivity contribution in [1.29, 1.82) is 0 Å². The van der Waals surface area contributed by atoms with Gasteiger partial charge in [0.2, 0.25) is 0 Å². The Morgan fingerprint density at radius 2 is 1.53 bits per heavy atom. The molecule has 0 aromatic rings. The number of rotatable bonds is 11. The summed E-state index contributed by atoms with van der Waals surface area (Å²) >= 11 is 0. The van der Waals surface area contributed by atoms with Crippen molar-refractivity contribution in [3.8, 4) is 0 Å². The number of aliphatic hydroxyl groups is 1. The van der Waals surface area contributed by atoms with Crippen LogP contribution in [-0.4, -0.2) is 29.4 Å². The minimum atomic E-state index is -4.19. The molecular formula is C13H27NaO4S. The predicted molar refractivity (Wildman–Crippen MR) is 72.4 cm³/mol. The minimum absolute atomic E-state index is 0. The molecule has 0 aliphatic carbocycles. The van der Waals surface area contributed by atoms with Crippen molar-refractivity contribution in [3.63, 3.8) is 0 Å². The monoisotopic (exact) mass is 302 g/mol. The molecule has 6 heteroatoms. The summed E-state index contributed by atoms with van der Waals surface area (Å²) in [6, 6.07) is 0. The summed E-state index contributed by atoms with van der Waals surface area (Å²) in [6.07, 6.45) is 6.12. The third-order valence-corrected chi connectivity index (χ3v) is 4.51. The molecule has 0 saturated carbocycles.